The number of aliphatic hydroxyl groups excluding tert-OH is 1. The molecule has 0 fully saturated rings. The first-order valence-corrected chi connectivity index (χ1v) is 6.74. The van der Waals surface area contributed by atoms with Gasteiger partial charge in [-0.25, -0.2) is 4.98 Å². The summed E-state index contributed by atoms with van der Waals surface area (Å²) >= 11 is 0. The molecule has 110 valence electrons. The monoisotopic (exact) mass is 287 g/mol. The molecule has 2 atom stereocenters. The van der Waals surface area contributed by atoms with E-state index in [1.165, 1.54) is 0 Å². The Kier molecular flexibility index (Phi) is 3.66. The average Bonchev–Trinajstić information content (AvgIpc) is 2.54. The van der Waals surface area contributed by atoms with E-state index in [4.69, 9.17) is 14.2 Å². The first kappa shape index (κ1) is 13.7. The minimum Gasteiger partial charge on any atom is -0.497 e. The van der Waals surface area contributed by atoms with Crippen molar-refractivity contribution < 1.29 is 19.3 Å². The topological polar surface area (TPSA) is 60.8 Å². The number of fused-ring (bicyclic) bond motifs is 1. The Labute approximate surface area is 123 Å². The minimum absolute atomic E-state index is 0.238. The average molecular weight is 287 g/mol. The fourth-order valence-electron chi connectivity index (χ4n) is 2.46. The van der Waals surface area contributed by atoms with Crippen molar-refractivity contribution in [2.75, 3.05) is 14.2 Å². The maximum absolute atomic E-state index is 10.3. The number of nitrogens with zero attached hydrogens (tertiary/aromatic N) is 1. The van der Waals surface area contributed by atoms with Crippen LogP contribution in [-0.4, -0.2) is 24.3 Å². The molecule has 0 spiro atoms. The van der Waals surface area contributed by atoms with E-state index in [-0.39, 0.29) is 6.10 Å². The number of rotatable bonds is 3. The molecule has 1 aliphatic rings. The van der Waals surface area contributed by atoms with Crippen molar-refractivity contribution in [3.63, 3.8) is 0 Å². The molecule has 1 aromatic carbocycles. The lowest BCUT2D eigenvalue weighted by atomic mass is 9.95. The third kappa shape index (κ3) is 2.64. The van der Waals surface area contributed by atoms with Crippen LogP contribution in [0.2, 0.25) is 0 Å². The summed E-state index contributed by atoms with van der Waals surface area (Å²) in [4.78, 5) is 4.18. The summed E-state index contributed by atoms with van der Waals surface area (Å²) in [5, 5.41) is 10.3. The maximum Gasteiger partial charge on any atom is 0.212 e. The van der Waals surface area contributed by atoms with E-state index in [1.54, 1.807) is 32.5 Å². The van der Waals surface area contributed by atoms with Crippen LogP contribution in [0.1, 0.15) is 29.8 Å². The van der Waals surface area contributed by atoms with Gasteiger partial charge in [0.25, 0.3) is 0 Å². The lowest BCUT2D eigenvalue weighted by molar-refractivity contribution is 0.0653. The van der Waals surface area contributed by atoms with Crippen molar-refractivity contribution >= 4 is 0 Å². The van der Waals surface area contributed by atoms with Crippen molar-refractivity contribution in [2.24, 2.45) is 0 Å². The summed E-state index contributed by atoms with van der Waals surface area (Å²) in [6.07, 6.45) is 1.40. The number of hydrogen-bond acceptors (Lipinski definition) is 5. The molecule has 3 rings (SSSR count). The standard InChI is InChI=1S/C16H17NO4/c1-19-11-4-5-12-13(18)8-14(21-15(12)7-11)10-3-6-16(20-2)17-9-10/h3-7,9,13-14,18H,8H2,1-2H3/t13-,14?/m0/s1. The number of aromatic nitrogens is 1. The van der Waals surface area contributed by atoms with Crippen LogP contribution in [-0.2, 0) is 0 Å². The molecule has 0 saturated heterocycles. The molecule has 21 heavy (non-hydrogen) atoms. The Hall–Kier alpha value is -2.27. The fourth-order valence-corrected chi connectivity index (χ4v) is 2.46. The summed E-state index contributed by atoms with van der Waals surface area (Å²) in [5.74, 6) is 1.90. The summed E-state index contributed by atoms with van der Waals surface area (Å²) in [6, 6.07) is 9.13. The van der Waals surface area contributed by atoms with Gasteiger partial charge in [0, 0.05) is 35.9 Å². The number of aliphatic hydroxyl groups is 1. The van der Waals surface area contributed by atoms with Crippen LogP contribution < -0.4 is 14.2 Å². The predicted octanol–water partition coefficient (Wildman–Crippen LogP) is 2.66. The van der Waals surface area contributed by atoms with Gasteiger partial charge in [-0.3, -0.25) is 0 Å². The van der Waals surface area contributed by atoms with E-state index in [1.807, 2.05) is 18.2 Å². The number of benzene rings is 1. The molecule has 5 heteroatoms. The van der Waals surface area contributed by atoms with Gasteiger partial charge >= 0.3 is 0 Å². The number of hydrogen-bond donors (Lipinski definition) is 1. The molecule has 0 bridgehead atoms. The second kappa shape index (κ2) is 5.61. The Morgan fingerprint density at radius 1 is 1.19 bits per heavy atom. The Morgan fingerprint density at radius 3 is 2.71 bits per heavy atom. The summed E-state index contributed by atoms with van der Waals surface area (Å²) in [7, 11) is 3.18. The number of pyridine rings is 1. The van der Waals surface area contributed by atoms with Gasteiger partial charge in [0.1, 0.15) is 17.6 Å². The quantitative estimate of drug-likeness (QED) is 0.940. The van der Waals surface area contributed by atoms with Gasteiger partial charge in [-0.15, -0.1) is 0 Å². The van der Waals surface area contributed by atoms with E-state index in [2.05, 4.69) is 4.98 Å². The molecular weight excluding hydrogens is 270 g/mol. The van der Waals surface area contributed by atoms with Crippen LogP contribution in [0.5, 0.6) is 17.4 Å². The van der Waals surface area contributed by atoms with Gasteiger partial charge in [0.05, 0.1) is 20.3 Å². The molecule has 1 aromatic heterocycles. The molecule has 0 aliphatic carbocycles. The SMILES string of the molecule is COc1ccc2c(c1)OC(c1ccc(OC)nc1)C[C@@H]2O. The van der Waals surface area contributed by atoms with E-state index in [9.17, 15) is 5.11 Å². The zero-order valence-electron chi connectivity index (χ0n) is 11.9. The van der Waals surface area contributed by atoms with Gasteiger partial charge in [-0.05, 0) is 18.2 Å². The van der Waals surface area contributed by atoms with Crippen molar-refractivity contribution in [2.45, 2.75) is 18.6 Å². The molecule has 2 aromatic rings. The highest BCUT2D eigenvalue weighted by Crippen LogP contribution is 2.42. The normalized spacial score (nSPS) is 20.3. The van der Waals surface area contributed by atoms with E-state index < -0.39 is 6.10 Å². The molecule has 5 nitrogen and oxygen atoms in total. The van der Waals surface area contributed by atoms with Crippen molar-refractivity contribution in [1.29, 1.82) is 0 Å². The summed E-state index contributed by atoms with van der Waals surface area (Å²) in [6.45, 7) is 0. The third-order valence-electron chi connectivity index (χ3n) is 3.63. The Morgan fingerprint density at radius 2 is 2.05 bits per heavy atom. The zero-order chi connectivity index (χ0) is 14.8. The number of methoxy groups -OCH3 is 2. The van der Waals surface area contributed by atoms with Crippen molar-refractivity contribution in [3.8, 4) is 17.4 Å². The van der Waals surface area contributed by atoms with Crippen LogP contribution in [0.25, 0.3) is 0 Å². The summed E-state index contributed by atoms with van der Waals surface area (Å²) < 4.78 is 16.2. The van der Waals surface area contributed by atoms with E-state index >= 15 is 0 Å². The highest BCUT2D eigenvalue weighted by atomic mass is 16.5. The molecular formula is C16H17NO4. The van der Waals surface area contributed by atoms with Gasteiger partial charge in [-0.1, -0.05) is 0 Å². The smallest absolute Gasteiger partial charge is 0.212 e. The second-order valence-electron chi connectivity index (χ2n) is 4.90. The molecule has 1 unspecified atom stereocenters. The van der Waals surface area contributed by atoms with Crippen LogP contribution in [0.4, 0.5) is 0 Å². The molecule has 0 radical (unpaired) electrons. The van der Waals surface area contributed by atoms with Gasteiger partial charge < -0.3 is 19.3 Å². The van der Waals surface area contributed by atoms with E-state index in [0.29, 0.717) is 23.8 Å². The van der Waals surface area contributed by atoms with Crippen molar-refractivity contribution in [3.05, 3.63) is 47.7 Å². The highest BCUT2D eigenvalue weighted by Gasteiger charge is 2.28. The van der Waals surface area contributed by atoms with Crippen LogP contribution in [0.3, 0.4) is 0 Å². The van der Waals surface area contributed by atoms with Gasteiger partial charge in [0.2, 0.25) is 5.88 Å². The zero-order valence-corrected chi connectivity index (χ0v) is 11.9. The second-order valence-corrected chi connectivity index (χ2v) is 4.90. The van der Waals surface area contributed by atoms with Gasteiger partial charge in [0.15, 0.2) is 0 Å². The molecule has 1 N–H and O–H groups in total. The van der Waals surface area contributed by atoms with Crippen molar-refractivity contribution in [1.82, 2.24) is 4.98 Å². The lowest BCUT2D eigenvalue weighted by Crippen LogP contribution is -2.19. The van der Waals surface area contributed by atoms with E-state index in [0.717, 1.165) is 11.1 Å². The third-order valence-corrected chi connectivity index (χ3v) is 3.63. The van der Waals surface area contributed by atoms with Crippen LogP contribution in [0, 0.1) is 0 Å². The Bertz CT molecular complexity index is 627. The first-order chi connectivity index (χ1) is 10.2. The lowest BCUT2D eigenvalue weighted by Gasteiger charge is -2.30. The number of ether oxygens (including phenoxy) is 3. The predicted molar refractivity (Wildman–Crippen MR) is 76.7 cm³/mol. The highest BCUT2D eigenvalue weighted by molar-refractivity contribution is 5.44. The first-order valence-electron chi connectivity index (χ1n) is 6.74. The molecule has 0 saturated carbocycles. The fraction of sp³-hybridized carbons (Fsp3) is 0.312. The minimum atomic E-state index is -0.563. The molecule has 2 heterocycles. The van der Waals surface area contributed by atoms with Crippen LogP contribution in [0.15, 0.2) is 36.5 Å². The molecule has 0 amide bonds. The maximum atomic E-state index is 10.3. The molecule has 1 aliphatic heterocycles. The largest absolute Gasteiger partial charge is 0.497 e. The van der Waals surface area contributed by atoms with Gasteiger partial charge in [-0.2, -0.15) is 0 Å². The Balaban J connectivity index is 1.89. The summed E-state index contributed by atoms with van der Waals surface area (Å²) in [5.41, 5.74) is 1.69. The van der Waals surface area contributed by atoms with Crippen LogP contribution >= 0.6 is 0 Å².